The van der Waals surface area contributed by atoms with Gasteiger partial charge in [0.2, 0.25) is 5.88 Å². The van der Waals surface area contributed by atoms with E-state index >= 15 is 0 Å². The zero-order valence-corrected chi connectivity index (χ0v) is 16.6. The van der Waals surface area contributed by atoms with Crippen LogP contribution in [0, 0.1) is 5.82 Å². The van der Waals surface area contributed by atoms with Crippen LogP contribution in [0.2, 0.25) is 0 Å². The monoisotopic (exact) mass is 425 g/mol. The Hall–Kier alpha value is -4.52. The molecular weight excluding hydrogens is 409 g/mol. The molecule has 0 radical (unpaired) electrons. The fraction of sp³-hybridized carbons (Fsp3) is 0. The number of aromatic hydroxyl groups is 1. The Morgan fingerprint density at radius 2 is 1.59 bits per heavy atom. The van der Waals surface area contributed by atoms with Crippen molar-refractivity contribution in [2.24, 2.45) is 4.99 Å². The molecule has 1 aromatic heterocycles. The Kier molecular flexibility index (Phi) is 4.63. The number of aliphatic imine (C=N–C) groups is 1. The molecule has 0 atom stereocenters. The molecule has 0 unspecified atom stereocenters. The van der Waals surface area contributed by atoms with Gasteiger partial charge < -0.3 is 5.11 Å². The van der Waals surface area contributed by atoms with E-state index in [1.165, 1.54) is 24.3 Å². The number of aromatic nitrogens is 2. The summed E-state index contributed by atoms with van der Waals surface area (Å²) in [5.74, 6) is -1.37. The highest BCUT2D eigenvalue weighted by atomic mass is 19.1. The van der Waals surface area contributed by atoms with Crippen LogP contribution in [0.3, 0.4) is 0 Å². The smallest absolute Gasteiger partial charge is 0.335 e. The molecule has 0 aliphatic carbocycles. The average Bonchev–Trinajstić information content (AvgIpc) is 3.17. The number of halogens is 1. The fourth-order valence-corrected chi connectivity index (χ4v) is 3.74. The van der Waals surface area contributed by atoms with E-state index < -0.39 is 22.9 Å². The van der Waals surface area contributed by atoms with E-state index in [1.54, 1.807) is 0 Å². The number of H-pyrrole nitrogens is 1. The number of fused-ring (bicyclic) bond motifs is 1. The summed E-state index contributed by atoms with van der Waals surface area (Å²) >= 11 is 0. The first kappa shape index (κ1) is 19.4. The third kappa shape index (κ3) is 3.16. The minimum atomic E-state index is -0.941. The number of rotatable bonds is 3. The van der Waals surface area contributed by atoms with Gasteiger partial charge in [0.05, 0.1) is 17.1 Å². The minimum Gasteiger partial charge on any atom is -0.494 e. The maximum atomic E-state index is 14.4. The van der Waals surface area contributed by atoms with E-state index in [4.69, 9.17) is 4.99 Å². The summed E-state index contributed by atoms with van der Waals surface area (Å²) in [5.41, 5.74) is 1.46. The Morgan fingerprint density at radius 1 is 0.906 bits per heavy atom. The van der Waals surface area contributed by atoms with E-state index in [0.717, 1.165) is 27.4 Å². The van der Waals surface area contributed by atoms with E-state index in [-0.39, 0.29) is 11.3 Å². The Labute approximate surface area is 181 Å². The van der Waals surface area contributed by atoms with Gasteiger partial charge in [-0.05, 0) is 24.3 Å². The molecule has 1 aliphatic rings. The largest absolute Gasteiger partial charge is 0.494 e. The number of nitrogens with zero attached hydrogens (tertiary/aromatic N) is 2. The predicted molar refractivity (Wildman–Crippen MR) is 121 cm³/mol. The first-order valence-corrected chi connectivity index (χ1v) is 9.83. The summed E-state index contributed by atoms with van der Waals surface area (Å²) in [6.07, 6.45) is 1.47. The van der Waals surface area contributed by atoms with Gasteiger partial charge >= 0.3 is 5.69 Å². The normalized spacial score (nSPS) is 13.8. The van der Waals surface area contributed by atoms with Crippen molar-refractivity contribution in [1.29, 1.82) is 0 Å². The summed E-state index contributed by atoms with van der Waals surface area (Å²) in [6.45, 7) is 0. The number of hydrogen-bond donors (Lipinski definition) is 2. The molecule has 2 N–H and O–H groups in total. The summed E-state index contributed by atoms with van der Waals surface area (Å²) < 4.78 is 15.1. The lowest BCUT2D eigenvalue weighted by Gasteiger charge is -2.12. The second-order valence-electron chi connectivity index (χ2n) is 7.18. The molecule has 7 heteroatoms. The third-order valence-electron chi connectivity index (χ3n) is 5.23. The lowest BCUT2D eigenvalue weighted by atomic mass is 9.96. The van der Waals surface area contributed by atoms with E-state index in [0.29, 0.717) is 11.3 Å². The van der Waals surface area contributed by atoms with Gasteiger partial charge in [-0.15, -0.1) is 0 Å². The maximum Gasteiger partial charge on any atom is 0.335 e. The minimum absolute atomic E-state index is 0.172. The summed E-state index contributed by atoms with van der Waals surface area (Å²) in [6, 6.07) is 22.3. The molecule has 4 aromatic rings. The molecule has 6 nitrogen and oxygen atoms in total. The SMILES string of the molecule is O=c1[nH]c(=O)n(-c2ccccc2F)c(O)c1C=C1C(c2ccccc2)=Nc2ccccc21. The second kappa shape index (κ2) is 7.63. The predicted octanol–water partition coefficient (Wildman–Crippen LogP) is 4.05. The molecule has 32 heavy (non-hydrogen) atoms. The quantitative estimate of drug-likeness (QED) is 0.519. The lowest BCUT2D eigenvalue weighted by Crippen LogP contribution is -2.31. The molecule has 0 spiro atoms. The molecule has 0 fully saturated rings. The van der Waals surface area contributed by atoms with Gasteiger partial charge in [0.1, 0.15) is 11.4 Å². The number of para-hydroxylation sites is 2. The van der Waals surface area contributed by atoms with E-state index in [9.17, 15) is 19.1 Å². The second-order valence-corrected chi connectivity index (χ2v) is 7.18. The zero-order chi connectivity index (χ0) is 22.2. The van der Waals surface area contributed by atoms with Crippen molar-refractivity contribution in [3.05, 3.63) is 122 Å². The van der Waals surface area contributed by atoms with Crippen molar-refractivity contribution < 1.29 is 9.50 Å². The van der Waals surface area contributed by atoms with Crippen LogP contribution in [0.4, 0.5) is 10.1 Å². The van der Waals surface area contributed by atoms with Gasteiger partial charge in [-0.2, -0.15) is 0 Å². The highest BCUT2D eigenvalue weighted by Crippen LogP contribution is 2.38. The first-order valence-electron chi connectivity index (χ1n) is 9.83. The molecule has 3 aromatic carbocycles. The van der Waals surface area contributed by atoms with Gasteiger partial charge in [-0.3, -0.25) is 9.78 Å². The van der Waals surface area contributed by atoms with Gasteiger partial charge in [0, 0.05) is 16.7 Å². The van der Waals surface area contributed by atoms with Crippen molar-refractivity contribution in [3.63, 3.8) is 0 Å². The number of aromatic amines is 1. The summed E-state index contributed by atoms with van der Waals surface area (Å²) in [5, 5.41) is 10.9. The number of allylic oxidation sites excluding steroid dienone is 1. The first-order chi connectivity index (χ1) is 15.5. The van der Waals surface area contributed by atoms with Crippen LogP contribution in [0.5, 0.6) is 5.88 Å². The zero-order valence-electron chi connectivity index (χ0n) is 16.6. The maximum absolute atomic E-state index is 14.4. The number of nitrogens with one attached hydrogen (secondary N) is 1. The molecule has 1 aliphatic heterocycles. The van der Waals surface area contributed by atoms with Crippen LogP contribution in [0.25, 0.3) is 17.3 Å². The molecule has 0 bridgehead atoms. The average molecular weight is 425 g/mol. The van der Waals surface area contributed by atoms with Crippen LogP contribution in [0.1, 0.15) is 16.7 Å². The molecule has 0 amide bonds. The standard InChI is InChI=1S/C25H16FN3O3/c26-19-11-5-7-13-21(19)29-24(31)18(23(30)28-25(29)32)14-17-16-10-4-6-12-20(16)27-22(17)15-8-2-1-3-9-15/h1-14,31H,(H,28,30,32). The topological polar surface area (TPSA) is 87.5 Å². The number of hydrogen-bond acceptors (Lipinski definition) is 4. The van der Waals surface area contributed by atoms with Crippen molar-refractivity contribution in [2.75, 3.05) is 0 Å². The van der Waals surface area contributed by atoms with Crippen molar-refractivity contribution >= 4 is 23.0 Å². The third-order valence-corrected chi connectivity index (χ3v) is 5.23. The van der Waals surface area contributed by atoms with Crippen molar-refractivity contribution in [3.8, 4) is 11.6 Å². The summed E-state index contributed by atoms with van der Waals surface area (Å²) in [4.78, 5) is 32.0. The molecule has 0 saturated heterocycles. The van der Waals surface area contributed by atoms with E-state index in [2.05, 4.69) is 4.98 Å². The highest BCUT2D eigenvalue weighted by Gasteiger charge is 2.24. The highest BCUT2D eigenvalue weighted by molar-refractivity contribution is 6.39. The van der Waals surface area contributed by atoms with Crippen LogP contribution >= 0.6 is 0 Å². The van der Waals surface area contributed by atoms with Crippen LogP contribution < -0.4 is 11.2 Å². The summed E-state index contributed by atoms with van der Waals surface area (Å²) in [7, 11) is 0. The Balaban J connectivity index is 1.77. The molecule has 2 heterocycles. The molecule has 156 valence electrons. The molecule has 5 rings (SSSR count). The molecule has 0 saturated carbocycles. The van der Waals surface area contributed by atoms with Gasteiger partial charge in [0.25, 0.3) is 5.56 Å². The Morgan fingerprint density at radius 3 is 2.38 bits per heavy atom. The van der Waals surface area contributed by atoms with Gasteiger partial charge in [-0.1, -0.05) is 60.7 Å². The number of benzene rings is 3. The van der Waals surface area contributed by atoms with Gasteiger partial charge in [-0.25, -0.2) is 18.7 Å². The Bertz CT molecular complexity index is 1530. The van der Waals surface area contributed by atoms with Crippen molar-refractivity contribution in [2.45, 2.75) is 0 Å². The van der Waals surface area contributed by atoms with Gasteiger partial charge in [0.15, 0.2) is 0 Å². The van der Waals surface area contributed by atoms with Crippen LogP contribution in [0.15, 0.2) is 93.4 Å². The van der Waals surface area contributed by atoms with Crippen LogP contribution in [-0.2, 0) is 0 Å². The van der Waals surface area contributed by atoms with Crippen LogP contribution in [-0.4, -0.2) is 20.4 Å². The fourth-order valence-electron chi connectivity index (χ4n) is 3.74. The van der Waals surface area contributed by atoms with Crippen molar-refractivity contribution in [1.82, 2.24) is 9.55 Å². The molecular formula is C25H16FN3O3. The van der Waals surface area contributed by atoms with E-state index in [1.807, 2.05) is 54.6 Å². The lowest BCUT2D eigenvalue weighted by molar-refractivity contribution is 0.426.